The van der Waals surface area contributed by atoms with Crippen molar-refractivity contribution in [2.24, 2.45) is 5.92 Å². The molecule has 0 spiro atoms. The van der Waals surface area contributed by atoms with Crippen LogP contribution in [0, 0.1) is 17.2 Å². The minimum atomic E-state index is -4.65. The molecule has 0 aliphatic rings. The number of carbonyl (C=O) groups excluding carboxylic acids is 2. The van der Waals surface area contributed by atoms with Gasteiger partial charge in [0.05, 0.1) is 11.6 Å². The Bertz CT molecular complexity index is 651. The number of nitrogens with one attached hydrogen (secondary N) is 1. The highest BCUT2D eigenvalue weighted by molar-refractivity contribution is 6.05. The van der Waals surface area contributed by atoms with Gasteiger partial charge < -0.3 is 10.1 Å². The molecule has 0 aliphatic heterocycles. The van der Waals surface area contributed by atoms with Crippen molar-refractivity contribution in [3.63, 3.8) is 0 Å². The maximum absolute atomic E-state index is 12.9. The molecular formula is C16H17F3N2O3. The molecule has 0 fully saturated rings. The number of amides is 1. The number of hydrogen-bond acceptors (Lipinski definition) is 4. The number of rotatable bonds is 6. The van der Waals surface area contributed by atoms with Gasteiger partial charge in [-0.1, -0.05) is 12.1 Å². The van der Waals surface area contributed by atoms with E-state index in [4.69, 9.17) is 10.00 Å². The second-order valence-electron chi connectivity index (χ2n) is 5.38. The highest BCUT2D eigenvalue weighted by Crippen LogP contribution is 2.36. The Kier molecular flexibility index (Phi) is 6.35. The van der Waals surface area contributed by atoms with Crippen molar-refractivity contribution in [1.29, 1.82) is 5.26 Å². The largest absolute Gasteiger partial charge is 0.482 e. The quantitative estimate of drug-likeness (QED) is 0.806. The number of carbonyl (C=O) groups is 2. The van der Waals surface area contributed by atoms with Crippen LogP contribution in [-0.4, -0.2) is 23.8 Å². The lowest BCUT2D eigenvalue weighted by Crippen LogP contribution is -2.42. The van der Waals surface area contributed by atoms with E-state index < -0.39 is 41.2 Å². The van der Waals surface area contributed by atoms with Gasteiger partial charge in [-0.25, -0.2) is 0 Å². The normalized spacial score (nSPS) is 13.8. The van der Waals surface area contributed by atoms with Crippen molar-refractivity contribution in [3.05, 3.63) is 29.8 Å². The third-order valence-corrected chi connectivity index (χ3v) is 3.00. The summed E-state index contributed by atoms with van der Waals surface area (Å²) in [4.78, 5) is 24.0. The Morgan fingerprint density at radius 1 is 1.21 bits per heavy atom. The molecule has 1 amide bonds. The lowest BCUT2D eigenvalue weighted by atomic mass is 10.0. The molecule has 0 aromatic heterocycles. The maximum Gasteiger partial charge on any atom is 0.419 e. The molecule has 0 bridgehead atoms. The molecule has 0 saturated heterocycles. The molecule has 1 rings (SSSR count). The van der Waals surface area contributed by atoms with Gasteiger partial charge in [0.1, 0.15) is 5.75 Å². The van der Waals surface area contributed by atoms with Crippen LogP contribution >= 0.6 is 0 Å². The molecule has 0 saturated carbocycles. The third kappa shape index (κ3) is 4.98. The number of benzene rings is 1. The molecule has 0 radical (unpaired) electrons. The summed E-state index contributed by atoms with van der Waals surface area (Å²) in [7, 11) is 0. The summed E-state index contributed by atoms with van der Waals surface area (Å²) in [6, 6.07) is 5.68. The molecule has 1 aromatic rings. The summed E-state index contributed by atoms with van der Waals surface area (Å²) in [5, 5.41) is 11.4. The molecular weight excluding hydrogens is 325 g/mol. The zero-order valence-electron chi connectivity index (χ0n) is 13.3. The van der Waals surface area contributed by atoms with Crippen molar-refractivity contribution < 1.29 is 27.5 Å². The predicted octanol–water partition coefficient (Wildman–Crippen LogP) is 2.71. The molecule has 1 aromatic carbocycles. The number of nitrogens with zero attached hydrogens (tertiary/aromatic N) is 1. The first-order valence-electron chi connectivity index (χ1n) is 7.14. The Hall–Kier alpha value is -2.56. The SMILES string of the molecule is CC(C)NC(=O)[C@H](C#N)C(=O)[C@H](C)Oc1ccccc1C(F)(F)F. The average molecular weight is 342 g/mol. The van der Waals surface area contributed by atoms with Crippen LogP contribution in [0.4, 0.5) is 13.2 Å². The van der Waals surface area contributed by atoms with Crippen LogP contribution in [0.25, 0.3) is 0 Å². The van der Waals surface area contributed by atoms with E-state index in [0.29, 0.717) is 0 Å². The van der Waals surface area contributed by atoms with E-state index in [-0.39, 0.29) is 6.04 Å². The van der Waals surface area contributed by atoms with E-state index in [0.717, 1.165) is 12.1 Å². The van der Waals surface area contributed by atoms with Crippen molar-refractivity contribution in [3.8, 4) is 11.8 Å². The number of ether oxygens (including phenoxy) is 1. The van der Waals surface area contributed by atoms with E-state index in [9.17, 15) is 22.8 Å². The molecule has 130 valence electrons. The van der Waals surface area contributed by atoms with E-state index in [1.807, 2.05) is 0 Å². The van der Waals surface area contributed by atoms with Crippen LogP contribution in [0.2, 0.25) is 0 Å². The lowest BCUT2D eigenvalue weighted by Gasteiger charge is -2.19. The molecule has 5 nitrogen and oxygen atoms in total. The molecule has 0 aliphatic carbocycles. The summed E-state index contributed by atoms with van der Waals surface area (Å²) >= 11 is 0. The van der Waals surface area contributed by atoms with Crippen LogP contribution < -0.4 is 10.1 Å². The van der Waals surface area contributed by atoms with Gasteiger partial charge in [-0.05, 0) is 32.9 Å². The fourth-order valence-corrected chi connectivity index (χ4v) is 1.91. The summed E-state index contributed by atoms with van der Waals surface area (Å²) < 4.78 is 43.8. The summed E-state index contributed by atoms with van der Waals surface area (Å²) in [5.41, 5.74) is -1.04. The van der Waals surface area contributed by atoms with Crippen LogP contribution in [0.5, 0.6) is 5.75 Å². The zero-order valence-corrected chi connectivity index (χ0v) is 13.3. The van der Waals surface area contributed by atoms with Crippen molar-refractivity contribution in [1.82, 2.24) is 5.32 Å². The number of halogens is 3. The predicted molar refractivity (Wildman–Crippen MR) is 78.9 cm³/mol. The van der Waals surface area contributed by atoms with Gasteiger partial charge in [0.25, 0.3) is 0 Å². The van der Waals surface area contributed by atoms with Crippen molar-refractivity contribution in [2.45, 2.75) is 39.1 Å². The van der Waals surface area contributed by atoms with Gasteiger partial charge in [0.2, 0.25) is 5.91 Å². The second kappa shape index (κ2) is 7.81. The Labute approximate surface area is 137 Å². The standard InChI is InChI=1S/C16H17F3N2O3/c1-9(2)21-15(23)11(8-20)14(22)10(3)24-13-7-5-4-6-12(13)16(17,18)19/h4-7,9-11H,1-3H3,(H,21,23)/t10-,11+/m0/s1. The molecule has 8 heteroatoms. The number of Topliss-reactive ketones (excluding diaryl/α,β-unsaturated/α-hetero) is 1. The van der Waals surface area contributed by atoms with E-state index in [1.165, 1.54) is 19.1 Å². The first kappa shape index (κ1) is 19.5. The molecule has 2 atom stereocenters. The third-order valence-electron chi connectivity index (χ3n) is 3.00. The minimum absolute atomic E-state index is 0.289. The van der Waals surface area contributed by atoms with Crippen molar-refractivity contribution >= 4 is 11.7 Å². The van der Waals surface area contributed by atoms with Gasteiger partial charge >= 0.3 is 6.18 Å². The topological polar surface area (TPSA) is 79.2 Å². The molecule has 0 heterocycles. The van der Waals surface area contributed by atoms with E-state index in [2.05, 4.69) is 5.32 Å². The minimum Gasteiger partial charge on any atom is -0.482 e. The molecule has 0 unspecified atom stereocenters. The Morgan fingerprint density at radius 2 is 1.79 bits per heavy atom. The molecule has 24 heavy (non-hydrogen) atoms. The van der Waals surface area contributed by atoms with Gasteiger partial charge in [-0.15, -0.1) is 0 Å². The first-order valence-corrected chi connectivity index (χ1v) is 7.14. The van der Waals surface area contributed by atoms with Crippen LogP contribution in [0.15, 0.2) is 24.3 Å². The number of hydrogen-bond donors (Lipinski definition) is 1. The number of nitriles is 1. The lowest BCUT2D eigenvalue weighted by molar-refractivity contribution is -0.142. The summed E-state index contributed by atoms with van der Waals surface area (Å²) in [6.07, 6.45) is -6.04. The van der Waals surface area contributed by atoms with Crippen LogP contribution in [0.3, 0.4) is 0 Å². The highest BCUT2D eigenvalue weighted by Gasteiger charge is 2.36. The number of alkyl halides is 3. The second-order valence-corrected chi connectivity index (χ2v) is 5.38. The smallest absolute Gasteiger partial charge is 0.419 e. The van der Waals surface area contributed by atoms with Gasteiger partial charge in [-0.3, -0.25) is 9.59 Å². The average Bonchev–Trinajstić information content (AvgIpc) is 2.46. The maximum atomic E-state index is 12.9. The van der Waals surface area contributed by atoms with Gasteiger partial charge in [0.15, 0.2) is 17.8 Å². The monoisotopic (exact) mass is 342 g/mol. The zero-order chi connectivity index (χ0) is 18.5. The summed E-state index contributed by atoms with van der Waals surface area (Å²) in [5.74, 6) is -3.91. The van der Waals surface area contributed by atoms with Gasteiger partial charge in [-0.2, -0.15) is 18.4 Å². The molecule has 1 N–H and O–H groups in total. The fourth-order valence-electron chi connectivity index (χ4n) is 1.91. The van der Waals surface area contributed by atoms with Gasteiger partial charge in [0, 0.05) is 6.04 Å². The van der Waals surface area contributed by atoms with Crippen molar-refractivity contribution in [2.75, 3.05) is 0 Å². The Balaban J connectivity index is 2.96. The van der Waals surface area contributed by atoms with Crippen LogP contribution in [0.1, 0.15) is 26.3 Å². The number of para-hydroxylation sites is 1. The van der Waals surface area contributed by atoms with Crippen LogP contribution in [-0.2, 0) is 15.8 Å². The van der Waals surface area contributed by atoms with E-state index >= 15 is 0 Å². The Morgan fingerprint density at radius 3 is 2.29 bits per heavy atom. The first-order chi connectivity index (χ1) is 11.1. The summed E-state index contributed by atoms with van der Waals surface area (Å²) in [6.45, 7) is 4.50. The number of ketones is 1. The highest BCUT2D eigenvalue weighted by atomic mass is 19.4. The fraction of sp³-hybridized carbons (Fsp3) is 0.438. The van der Waals surface area contributed by atoms with E-state index in [1.54, 1.807) is 19.9 Å².